The number of fused-ring (bicyclic) bond motifs is 1. The van der Waals surface area contributed by atoms with Gasteiger partial charge in [0.2, 0.25) is 5.89 Å². The number of carbonyl (C=O) groups excluding carboxylic acids is 2. The number of ether oxygens (including phenoxy) is 1. The molecule has 2 heterocycles. The van der Waals surface area contributed by atoms with Crippen molar-refractivity contribution in [2.24, 2.45) is 0 Å². The molecule has 4 rings (SSSR count). The molecule has 0 fully saturated rings. The van der Waals surface area contributed by atoms with Gasteiger partial charge in [-0.25, -0.2) is 9.78 Å². The van der Waals surface area contributed by atoms with Gasteiger partial charge in [-0.1, -0.05) is 24.3 Å². The lowest BCUT2D eigenvalue weighted by Crippen LogP contribution is -2.22. The van der Waals surface area contributed by atoms with Gasteiger partial charge in [-0.2, -0.15) is 0 Å². The zero-order valence-corrected chi connectivity index (χ0v) is 16.7. The maximum Gasteiger partial charge on any atom is 0.338 e. The van der Waals surface area contributed by atoms with Gasteiger partial charge in [-0.05, 0) is 49.4 Å². The number of esters is 1. The highest BCUT2D eigenvalue weighted by molar-refractivity contribution is 5.91. The molecule has 0 aliphatic rings. The van der Waals surface area contributed by atoms with Crippen LogP contribution in [0.3, 0.4) is 0 Å². The number of furan rings is 1. The summed E-state index contributed by atoms with van der Waals surface area (Å²) in [7, 11) is 0. The lowest BCUT2D eigenvalue weighted by Gasteiger charge is -2.04. The Hall–Kier alpha value is -4.13. The van der Waals surface area contributed by atoms with Crippen molar-refractivity contribution in [2.45, 2.75) is 13.3 Å². The molecule has 4 aromatic rings. The third-order valence-corrected chi connectivity index (χ3v) is 4.53. The molecule has 2 aromatic carbocycles. The van der Waals surface area contributed by atoms with Crippen molar-refractivity contribution in [3.63, 3.8) is 0 Å². The second kappa shape index (κ2) is 8.71. The fraction of sp³-hybridized carbons (Fsp3) is 0.125. The van der Waals surface area contributed by atoms with Crippen molar-refractivity contribution in [3.05, 3.63) is 77.9 Å². The Balaban J connectivity index is 1.62. The summed E-state index contributed by atoms with van der Waals surface area (Å²) < 4.78 is 16.5. The summed E-state index contributed by atoms with van der Waals surface area (Å²) in [6.45, 7) is 2.06. The van der Waals surface area contributed by atoms with E-state index >= 15 is 0 Å². The maximum atomic E-state index is 11.8. The Kier molecular flexibility index (Phi) is 5.66. The van der Waals surface area contributed by atoms with E-state index in [9.17, 15) is 14.7 Å². The minimum atomic E-state index is -1.25. The Bertz CT molecular complexity index is 1230. The number of benzene rings is 2. The molecule has 7 nitrogen and oxygen atoms in total. The highest BCUT2D eigenvalue weighted by Crippen LogP contribution is 2.28. The number of carboxylic acids is 1. The number of carboxylic acid groups (broad SMARTS) is 1. The molecule has 0 unspecified atom stereocenters. The van der Waals surface area contributed by atoms with Crippen LogP contribution in [0.1, 0.15) is 35.4 Å². The summed E-state index contributed by atoms with van der Waals surface area (Å²) >= 11 is 0. The Morgan fingerprint density at radius 3 is 2.52 bits per heavy atom. The van der Waals surface area contributed by atoms with E-state index in [2.05, 4.69) is 4.98 Å². The average Bonchev–Trinajstić information content (AvgIpc) is 3.40. The molecule has 0 aliphatic heterocycles. The molecule has 7 heteroatoms. The number of aromatic nitrogens is 1. The van der Waals surface area contributed by atoms with Crippen molar-refractivity contribution in [1.29, 1.82) is 0 Å². The number of para-hydroxylation sites is 2. The molecule has 2 aromatic heterocycles. The minimum Gasteiger partial charge on any atom is -0.550 e. The van der Waals surface area contributed by atoms with Crippen LogP contribution in [0.4, 0.5) is 0 Å². The molecule has 0 saturated carbocycles. The number of hydrogen-bond donors (Lipinski definition) is 0. The first-order valence-corrected chi connectivity index (χ1v) is 9.67. The largest absolute Gasteiger partial charge is 0.550 e. The summed E-state index contributed by atoms with van der Waals surface area (Å²) in [4.78, 5) is 27.4. The number of rotatable bonds is 7. The first kappa shape index (κ1) is 20.2. The maximum absolute atomic E-state index is 11.8. The summed E-state index contributed by atoms with van der Waals surface area (Å²) in [5, 5.41) is 11.3. The van der Waals surface area contributed by atoms with Crippen LogP contribution in [0.5, 0.6) is 0 Å². The standard InChI is InChI=1S/C24H19NO6/c1-2-29-24(28)16-9-7-15(8-10-16)20-12-11-18(30-20)13-17(14-22(26)27)23-25-19-5-3-4-6-21(19)31-23/h3-13H,2,14H2,1H3,(H,26,27)/p-1/b17-13+. The molecule has 0 aliphatic carbocycles. The number of hydrogen-bond acceptors (Lipinski definition) is 7. The number of carbonyl (C=O) groups is 2. The van der Waals surface area contributed by atoms with Crippen LogP contribution in [0.25, 0.3) is 34.1 Å². The Morgan fingerprint density at radius 2 is 1.81 bits per heavy atom. The van der Waals surface area contributed by atoms with E-state index in [1.165, 1.54) is 0 Å². The van der Waals surface area contributed by atoms with Crippen LogP contribution in [-0.4, -0.2) is 23.5 Å². The third-order valence-electron chi connectivity index (χ3n) is 4.53. The first-order valence-electron chi connectivity index (χ1n) is 9.67. The lowest BCUT2D eigenvalue weighted by molar-refractivity contribution is -0.304. The summed E-state index contributed by atoms with van der Waals surface area (Å²) in [6.07, 6.45) is 1.19. The molecular weight excluding hydrogens is 398 g/mol. The smallest absolute Gasteiger partial charge is 0.338 e. The number of aliphatic carboxylic acids is 1. The van der Waals surface area contributed by atoms with E-state index in [-0.39, 0.29) is 18.3 Å². The summed E-state index contributed by atoms with van der Waals surface area (Å²) in [6, 6.07) is 17.5. The van der Waals surface area contributed by atoms with E-state index in [0.29, 0.717) is 40.4 Å². The van der Waals surface area contributed by atoms with Crippen LogP contribution >= 0.6 is 0 Å². The van der Waals surface area contributed by atoms with E-state index in [1.54, 1.807) is 61.5 Å². The normalized spacial score (nSPS) is 11.6. The van der Waals surface area contributed by atoms with Crippen LogP contribution in [0.15, 0.2) is 69.5 Å². The quantitative estimate of drug-likeness (QED) is 0.420. The van der Waals surface area contributed by atoms with E-state index in [4.69, 9.17) is 13.6 Å². The second-order valence-electron chi connectivity index (χ2n) is 6.70. The molecule has 0 amide bonds. The van der Waals surface area contributed by atoms with Gasteiger partial charge < -0.3 is 23.5 Å². The van der Waals surface area contributed by atoms with Crippen molar-refractivity contribution < 1.29 is 28.3 Å². The van der Waals surface area contributed by atoms with Gasteiger partial charge in [0, 0.05) is 23.5 Å². The van der Waals surface area contributed by atoms with Crippen molar-refractivity contribution in [3.8, 4) is 11.3 Å². The van der Waals surface area contributed by atoms with Gasteiger partial charge in [0.05, 0.1) is 12.2 Å². The SMILES string of the molecule is CCOC(=O)c1ccc(-c2ccc(/C=C(\CC(=O)[O-])c3nc4ccccc4o3)o2)cc1. The molecule has 0 spiro atoms. The number of nitrogens with zero attached hydrogens (tertiary/aromatic N) is 1. The van der Waals surface area contributed by atoms with Gasteiger partial charge in [0.15, 0.2) is 5.58 Å². The van der Waals surface area contributed by atoms with Crippen LogP contribution < -0.4 is 5.11 Å². The molecule has 0 atom stereocenters. The van der Waals surface area contributed by atoms with Crippen molar-refractivity contribution >= 4 is 34.7 Å². The molecule has 156 valence electrons. The molecule has 0 N–H and O–H groups in total. The number of oxazole rings is 1. The highest BCUT2D eigenvalue weighted by atomic mass is 16.5. The second-order valence-corrected chi connectivity index (χ2v) is 6.70. The predicted molar refractivity (Wildman–Crippen MR) is 112 cm³/mol. The van der Waals surface area contributed by atoms with Crippen LogP contribution in [0, 0.1) is 0 Å². The van der Waals surface area contributed by atoms with Gasteiger partial charge in [-0.3, -0.25) is 0 Å². The zero-order chi connectivity index (χ0) is 21.8. The fourth-order valence-electron chi connectivity index (χ4n) is 3.10. The van der Waals surface area contributed by atoms with Gasteiger partial charge >= 0.3 is 5.97 Å². The van der Waals surface area contributed by atoms with E-state index < -0.39 is 5.97 Å². The molecule has 0 radical (unpaired) electrons. The predicted octanol–water partition coefficient (Wildman–Crippen LogP) is 3.95. The fourth-order valence-corrected chi connectivity index (χ4v) is 3.10. The average molecular weight is 416 g/mol. The Labute approximate surface area is 177 Å². The topological polar surface area (TPSA) is 106 Å². The van der Waals surface area contributed by atoms with Crippen LogP contribution in [0.2, 0.25) is 0 Å². The molecular formula is C24H18NO6-. The third kappa shape index (κ3) is 4.56. The molecule has 0 saturated heterocycles. The minimum absolute atomic E-state index is 0.196. The highest BCUT2D eigenvalue weighted by Gasteiger charge is 2.13. The van der Waals surface area contributed by atoms with Crippen molar-refractivity contribution in [1.82, 2.24) is 4.98 Å². The first-order chi connectivity index (χ1) is 15.0. The van der Waals surface area contributed by atoms with Gasteiger partial charge in [0.1, 0.15) is 17.0 Å². The van der Waals surface area contributed by atoms with Gasteiger partial charge in [0.25, 0.3) is 0 Å². The van der Waals surface area contributed by atoms with Crippen LogP contribution in [-0.2, 0) is 9.53 Å². The lowest BCUT2D eigenvalue weighted by atomic mass is 10.1. The monoisotopic (exact) mass is 416 g/mol. The summed E-state index contributed by atoms with van der Waals surface area (Å²) in [5.74, 6) is -0.450. The van der Waals surface area contributed by atoms with Crippen molar-refractivity contribution in [2.75, 3.05) is 6.61 Å². The van der Waals surface area contributed by atoms with E-state index in [0.717, 1.165) is 5.56 Å². The zero-order valence-electron chi connectivity index (χ0n) is 16.7. The molecule has 31 heavy (non-hydrogen) atoms. The van der Waals surface area contributed by atoms with E-state index in [1.807, 2.05) is 12.1 Å². The van der Waals surface area contributed by atoms with Gasteiger partial charge in [-0.15, -0.1) is 0 Å². The molecule has 0 bridgehead atoms. The summed E-state index contributed by atoms with van der Waals surface area (Å²) in [5.41, 5.74) is 2.72. The Morgan fingerprint density at radius 1 is 1.03 bits per heavy atom.